The number of fused-ring (bicyclic) bond motifs is 3. The van der Waals surface area contributed by atoms with Gasteiger partial charge in [-0.3, -0.25) is 9.36 Å². The van der Waals surface area contributed by atoms with Crippen LogP contribution < -0.4 is 11.4 Å². The third-order valence-electron chi connectivity index (χ3n) is 4.61. The molecule has 0 saturated heterocycles. The van der Waals surface area contributed by atoms with E-state index in [1.54, 1.807) is 24.3 Å². The highest BCUT2D eigenvalue weighted by Crippen LogP contribution is 2.40. The fourth-order valence-electron chi connectivity index (χ4n) is 3.30. The van der Waals surface area contributed by atoms with E-state index in [2.05, 4.69) is 4.98 Å². The van der Waals surface area contributed by atoms with Crippen molar-refractivity contribution in [2.24, 2.45) is 0 Å². The molecule has 4 rings (SSSR count). The van der Waals surface area contributed by atoms with Gasteiger partial charge in [-0.15, -0.1) is 11.3 Å². The largest absolute Gasteiger partial charge is 0.383 e. The smallest absolute Gasteiger partial charge is 0.351 e. The summed E-state index contributed by atoms with van der Waals surface area (Å²) in [5.41, 5.74) is 6.92. The standard InChI is InChI=1S/C19H19N3O3S/c1-19(2)8-12-14(10-25-19)26-17-15(12)16(20)21-18(24)22(17)9-13(23)11-6-4-3-5-7-11/h3-7H,8-10H2,1-2H3,(H2,20,21,24). The molecule has 134 valence electrons. The monoisotopic (exact) mass is 369 g/mol. The van der Waals surface area contributed by atoms with Gasteiger partial charge in [0.05, 0.1) is 24.1 Å². The average Bonchev–Trinajstić information content (AvgIpc) is 2.97. The Morgan fingerprint density at radius 3 is 2.81 bits per heavy atom. The molecular formula is C19H19N3O3S. The third kappa shape index (κ3) is 2.83. The SMILES string of the molecule is CC1(C)Cc2c(sc3c2c(N)nc(=O)n3CC(=O)c2ccccc2)CO1. The van der Waals surface area contributed by atoms with E-state index in [4.69, 9.17) is 10.5 Å². The van der Waals surface area contributed by atoms with Crippen molar-refractivity contribution in [2.75, 3.05) is 5.73 Å². The zero-order chi connectivity index (χ0) is 18.5. The predicted octanol–water partition coefficient (Wildman–Crippen LogP) is 2.77. The van der Waals surface area contributed by atoms with Crippen molar-refractivity contribution in [1.82, 2.24) is 9.55 Å². The van der Waals surface area contributed by atoms with Crippen LogP contribution in [0.1, 0.15) is 34.6 Å². The van der Waals surface area contributed by atoms with Crippen LogP contribution in [0.2, 0.25) is 0 Å². The van der Waals surface area contributed by atoms with Gasteiger partial charge in [0.2, 0.25) is 0 Å². The number of ketones is 1. The van der Waals surface area contributed by atoms with Gasteiger partial charge in [0.1, 0.15) is 10.6 Å². The molecule has 1 aliphatic heterocycles. The number of ether oxygens (including phenoxy) is 1. The summed E-state index contributed by atoms with van der Waals surface area (Å²) in [7, 11) is 0. The minimum absolute atomic E-state index is 0.0593. The molecule has 2 N–H and O–H groups in total. The van der Waals surface area contributed by atoms with Crippen molar-refractivity contribution in [3.05, 3.63) is 56.8 Å². The lowest BCUT2D eigenvalue weighted by molar-refractivity contribution is -0.0379. The number of aromatic nitrogens is 2. The van der Waals surface area contributed by atoms with Crippen molar-refractivity contribution >= 4 is 33.2 Å². The topological polar surface area (TPSA) is 87.2 Å². The fourth-order valence-corrected chi connectivity index (χ4v) is 4.53. The molecule has 3 heterocycles. The summed E-state index contributed by atoms with van der Waals surface area (Å²) in [5.74, 6) is 0.0899. The average molecular weight is 369 g/mol. The molecule has 6 nitrogen and oxygen atoms in total. The zero-order valence-corrected chi connectivity index (χ0v) is 15.4. The molecule has 26 heavy (non-hydrogen) atoms. The first kappa shape index (κ1) is 16.9. The highest BCUT2D eigenvalue weighted by atomic mass is 32.1. The van der Waals surface area contributed by atoms with Crippen LogP contribution in [-0.2, 0) is 24.3 Å². The molecule has 0 atom stereocenters. The first-order valence-electron chi connectivity index (χ1n) is 8.38. The number of hydrogen-bond acceptors (Lipinski definition) is 6. The Morgan fingerprint density at radius 2 is 2.08 bits per heavy atom. The van der Waals surface area contributed by atoms with Gasteiger partial charge in [0, 0.05) is 16.9 Å². The molecule has 0 aliphatic carbocycles. The molecule has 0 unspecified atom stereocenters. The third-order valence-corrected chi connectivity index (χ3v) is 5.84. The number of Topliss-reactive ketones (excluding diaryl/α,β-unsaturated/α-hetero) is 1. The van der Waals surface area contributed by atoms with Gasteiger partial charge in [-0.05, 0) is 19.4 Å². The molecule has 0 saturated carbocycles. The Bertz CT molecular complexity index is 1070. The minimum atomic E-state index is -0.502. The van der Waals surface area contributed by atoms with E-state index in [-0.39, 0.29) is 23.7 Å². The Labute approximate surface area is 154 Å². The van der Waals surface area contributed by atoms with Crippen LogP contribution in [0.5, 0.6) is 0 Å². The summed E-state index contributed by atoms with van der Waals surface area (Å²) >= 11 is 1.46. The van der Waals surface area contributed by atoms with Gasteiger partial charge in [-0.25, -0.2) is 4.79 Å². The lowest BCUT2D eigenvalue weighted by Gasteiger charge is -2.30. The van der Waals surface area contributed by atoms with Gasteiger partial charge in [-0.1, -0.05) is 30.3 Å². The first-order valence-corrected chi connectivity index (χ1v) is 9.20. The van der Waals surface area contributed by atoms with E-state index >= 15 is 0 Å². The first-order chi connectivity index (χ1) is 12.4. The van der Waals surface area contributed by atoms with E-state index in [9.17, 15) is 9.59 Å². The van der Waals surface area contributed by atoms with Crippen LogP contribution in [0.3, 0.4) is 0 Å². The normalized spacial score (nSPS) is 15.8. The quantitative estimate of drug-likeness (QED) is 0.717. The number of carbonyl (C=O) groups excluding carboxylic acids is 1. The lowest BCUT2D eigenvalue weighted by atomic mass is 9.94. The number of nitrogens with two attached hydrogens (primary N) is 1. The Balaban J connectivity index is 1.85. The van der Waals surface area contributed by atoms with Crippen molar-refractivity contribution in [2.45, 2.75) is 39.0 Å². The van der Waals surface area contributed by atoms with E-state index in [0.29, 0.717) is 23.4 Å². The van der Waals surface area contributed by atoms with Gasteiger partial charge < -0.3 is 10.5 Å². The van der Waals surface area contributed by atoms with Gasteiger partial charge >= 0.3 is 5.69 Å². The number of nitrogen functional groups attached to an aromatic ring is 1. The molecule has 0 spiro atoms. The van der Waals surface area contributed by atoms with E-state index in [1.807, 2.05) is 19.9 Å². The number of thiophene rings is 1. The molecule has 1 aliphatic rings. The van der Waals surface area contributed by atoms with Gasteiger partial charge in [-0.2, -0.15) is 4.98 Å². The molecule has 3 aromatic rings. The van der Waals surface area contributed by atoms with Crippen molar-refractivity contribution < 1.29 is 9.53 Å². The molecular weight excluding hydrogens is 350 g/mol. The molecule has 7 heteroatoms. The van der Waals surface area contributed by atoms with Crippen molar-refractivity contribution in [3.63, 3.8) is 0 Å². The Hall–Kier alpha value is -2.51. The summed E-state index contributed by atoms with van der Waals surface area (Å²) in [5, 5.41) is 0.779. The Morgan fingerprint density at radius 1 is 1.35 bits per heavy atom. The maximum atomic E-state index is 12.6. The fraction of sp³-hybridized carbons (Fsp3) is 0.316. The van der Waals surface area contributed by atoms with E-state index < -0.39 is 5.69 Å². The van der Waals surface area contributed by atoms with E-state index in [1.165, 1.54) is 15.9 Å². The molecule has 0 fully saturated rings. The summed E-state index contributed by atoms with van der Waals surface area (Å²) < 4.78 is 7.30. The van der Waals surface area contributed by atoms with Crippen LogP contribution in [0.4, 0.5) is 5.82 Å². The molecule has 1 aromatic carbocycles. The Kier molecular flexibility index (Phi) is 3.93. The number of hydrogen-bond donors (Lipinski definition) is 1. The van der Waals surface area contributed by atoms with Crippen LogP contribution in [0, 0.1) is 0 Å². The second kappa shape index (κ2) is 6.03. The minimum Gasteiger partial charge on any atom is -0.383 e. The summed E-state index contributed by atoms with van der Waals surface area (Å²) in [6, 6.07) is 8.93. The van der Waals surface area contributed by atoms with Crippen LogP contribution in [0.25, 0.3) is 10.2 Å². The number of benzene rings is 1. The van der Waals surface area contributed by atoms with Crippen LogP contribution >= 0.6 is 11.3 Å². The number of anilines is 1. The second-order valence-electron chi connectivity index (χ2n) is 7.06. The van der Waals surface area contributed by atoms with Crippen molar-refractivity contribution in [3.8, 4) is 0 Å². The summed E-state index contributed by atoms with van der Waals surface area (Å²) in [6.45, 7) is 4.47. The number of carbonyl (C=O) groups is 1. The van der Waals surface area contributed by atoms with Gasteiger partial charge in [0.25, 0.3) is 0 Å². The lowest BCUT2D eigenvalue weighted by Crippen LogP contribution is -2.31. The highest BCUT2D eigenvalue weighted by Gasteiger charge is 2.31. The molecule has 2 aromatic heterocycles. The maximum absolute atomic E-state index is 12.6. The zero-order valence-electron chi connectivity index (χ0n) is 14.6. The van der Waals surface area contributed by atoms with Gasteiger partial charge in [0.15, 0.2) is 5.78 Å². The van der Waals surface area contributed by atoms with Crippen LogP contribution in [0.15, 0.2) is 35.1 Å². The van der Waals surface area contributed by atoms with Crippen LogP contribution in [-0.4, -0.2) is 20.9 Å². The molecule has 0 bridgehead atoms. The molecule has 0 radical (unpaired) electrons. The van der Waals surface area contributed by atoms with Crippen molar-refractivity contribution in [1.29, 1.82) is 0 Å². The molecule has 0 amide bonds. The summed E-state index contributed by atoms with van der Waals surface area (Å²) in [6.07, 6.45) is 0.694. The van der Waals surface area contributed by atoms with E-state index in [0.717, 1.165) is 15.8 Å². The summed E-state index contributed by atoms with van der Waals surface area (Å²) in [4.78, 5) is 30.8. The predicted molar refractivity (Wildman–Crippen MR) is 102 cm³/mol. The highest BCUT2D eigenvalue weighted by molar-refractivity contribution is 7.19. The second-order valence-corrected chi connectivity index (χ2v) is 8.15. The number of rotatable bonds is 3. The number of nitrogens with zero attached hydrogens (tertiary/aromatic N) is 2. The maximum Gasteiger partial charge on any atom is 0.351 e.